The topological polar surface area (TPSA) is 176 Å². The van der Waals surface area contributed by atoms with Gasteiger partial charge in [0, 0.05) is 44.3 Å². The molecule has 0 unspecified atom stereocenters. The number of hydrogen-bond acceptors (Lipinski definition) is 8. The molecule has 4 rings (SSSR count). The summed E-state index contributed by atoms with van der Waals surface area (Å²) in [5.41, 5.74) is 13.5. The molecule has 10 nitrogen and oxygen atoms in total. The van der Waals surface area contributed by atoms with E-state index in [4.69, 9.17) is 16.9 Å². The number of carbonyl (C=O) groups is 3. The number of aromatic nitrogens is 1. The fourth-order valence-electron chi connectivity index (χ4n) is 3.87. The molecule has 1 aliphatic rings. The molecule has 1 heterocycles. The number of carbonyl (C=O) groups excluding carboxylic acids is 3. The van der Waals surface area contributed by atoms with Crippen LogP contribution in [0.25, 0.3) is 10.8 Å². The lowest BCUT2D eigenvalue weighted by molar-refractivity contribution is -0.114. The molecule has 0 atom stereocenters. The molecule has 0 bridgehead atoms. The Morgan fingerprint density at radius 3 is 2.35 bits per heavy atom. The van der Waals surface area contributed by atoms with Crippen LogP contribution in [-0.2, 0) is 11.3 Å². The van der Waals surface area contributed by atoms with Gasteiger partial charge in [0.25, 0.3) is 11.8 Å². The van der Waals surface area contributed by atoms with Crippen molar-refractivity contribution in [1.82, 2.24) is 15.6 Å². The van der Waals surface area contributed by atoms with Gasteiger partial charge in [-0.25, -0.2) is 4.98 Å². The largest absolute Gasteiger partial charge is 0.403 e. The van der Waals surface area contributed by atoms with Gasteiger partial charge < -0.3 is 32.8 Å². The zero-order valence-corrected chi connectivity index (χ0v) is 22.7. The third kappa shape index (κ3) is 9.09. The van der Waals surface area contributed by atoms with E-state index in [2.05, 4.69) is 27.5 Å². The van der Waals surface area contributed by atoms with Gasteiger partial charge in [-0.15, -0.1) is 0 Å². The number of primary amides is 1. The van der Waals surface area contributed by atoms with Crippen molar-refractivity contribution in [2.45, 2.75) is 25.8 Å². The number of benzene rings is 2. The highest BCUT2D eigenvalue weighted by Crippen LogP contribution is 2.25. The van der Waals surface area contributed by atoms with Crippen molar-refractivity contribution in [3.63, 3.8) is 0 Å². The lowest BCUT2D eigenvalue weighted by Crippen LogP contribution is -2.33. The molecule has 3 aromatic rings. The first-order valence-corrected chi connectivity index (χ1v) is 12.8. The second-order valence-electron chi connectivity index (χ2n) is 8.83. The van der Waals surface area contributed by atoms with E-state index in [0.717, 1.165) is 47.3 Å². The number of nitrogens with one attached hydrogen (secondary N) is 4. The molecular weight excluding hydrogens is 506 g/mol. The number of aldehydes is 1. The van der Waals surface area contributed by atoms with Gasteiger partial charge in [-0.1, -0.05) is 55.5 Å². The minimum Gasteiger partial charge on any atom is -0.403 e. The molecule has 0 radical (unpaired) electrons. The summed E-state index contributed by atoms with van der Waals surface area (Å²) < 4.78 is 0. The van der Waals surface area contributed by atoms with Gasteiger partial charge in [0.05, 0.1) is 5.69 Å². The van der Waals surface area contributed by atoms with Gasteiger partial charge in [-0.3, -0.25) is 14.4 Å². The van der Waals surface area contributed by atoms with Crippen molar-refractivity contribution in [3.8, 4) is 0 Å². The Morgan fingerprint density at radius 1 is 1.10 bits per heavy atom. The Hall–Kier alpha value is -4.99. The highest BCUT2D eigenvalue weighted by molar-refractivity contribution is 6.00. The van der Waals surface area contributed by atoms with Crippen LogP contribution >= 0.6 is 0 Å². The third-order valence-corrected chi connectivity index (χ3v) is 6.26. The molecule has 10 heteroatoms. The van der Waals surface area contributed by atoms with Crippen LogP contribution in [0.2, 0.25) is 0 Å². The number of rotatable bonds is 10. The Morgan fingerprint density at radius 2 is 1.80 bits per heavy atom. The number of nitrogens with zero attached hydrogens (tertiary/aromatic N) is 1. The summed E-state index contributed by atoms with van der Waals surface area (Å²) in [6.45, 7) is 4.41. The Bertz CT molecular complexity index is 1340. The van der Waals surface area contributed by atoms with Crippen LogP contribution in [-0.4, -0.2) is 42.9 Å². The zero-order chi connectivity index (χ0) is 29.3. The molecule has 210 valence electrons. The Kier molecular flexibility index (Phi) is 13.1. The molecule has 0 saturated heterocycles. The molecular formula is C30H37N7O3. The summed E-state index contributed by atoms with van der Waals surface area (Å²) in [5, 5.41) is 16.8. The summed E-state index contributed by atoms with van der Waals surface area (Å²) in [7, 11) is 1.79. The molecule has 2 amide bonds. The zero-order valence-electron chi connectivity index (χ0n) is 22.7. The molecule has 40 heavy (non-hydrogen) atoms. The first-order valence-electron chi connectivity index (χ1n) is 12.8. The monoisotopic (exact) mass is 543 g/mol. The summed E-state index contributed by atoms with van der Waals surface area (Å²) in [6.07, 6.45) is 9.94. The summed E-state index contributed by atoms with van der Waals surface area (Å²) in [4.78, 5) is 38.1. The number of nitrogens with two attached hydrogens (primary N) is 2. The summed E-state index contributed by atoms with van der Waals surface area (Å²) >= 11 is 0. The average molecular weight is 544 g/mol. The van der Waals surface area contributed by atoms with Crippen molar-refractivity contribution in [2.75, 3.05) is 18.9 Å². The van der Waals surface area contributed by atoms with Crippen molar-refractivity contribution in [2.24, 2.45) is 17.4 Å². The number of fused-ring (bicyclic) bond motifs is 1. The highest BCUT2D eigenvalue weighted by Gasteiger charge is 2.19. The summed E-state index contributed by atoms with van der Waals surface area (Å²) in [5.74, 6) is -0.0242. The molecule has 0 aliphatic heterocycles. The van der Waals surface area contributed by atoms with Crippen LogP contribution < -0.4 is 27.4 Å². The highest BCUT2D eigenvalue weighted by atomic mass is 16.2. The van der Waals surface area contributed by atoms with Gasteiger partial charge in [-0.2, -0.15) is 0 Å². The van der Waals surface area contributed by atoms with E-state index in [1.54, 1.807) is 19.3 Å². The Balaban J connectivity index is 0.000000252. The van der Waals surface area contributed by atoms with E-state index in [1.165, 1.54) is 25.3 Å². The maximum Gasteiger partial charge on any atom is 0.272 e. The predicted molar refractivity (Wildman–Crippen MR) is 160 cm³/mol. The van der Waals surface area contributed by atoms with Crippen LogP contribution in [0.3, 0.4) is 0 Å². The SMILES string of the molecule is C=CC=N.CNc1cccnc1C(=O)NCC1CCC1.N/C=C(\NCc1ccc(C=O)c2ccccc12)C(N)=O. The molecule has 0 spiro atoms. The van der Waals surface area contributed by atoms with E-state index in [-0.39, 0.29) is 11.6 Å². The quantitative estimate of drug-likeness (QED) is 0.129. The molecule has 8 N–H and O–H groups in total. The maximum atomic E-state index is 11.9. The van der Waals surface area contributed by atoms with E-state index >= 15 is 0 Å². The first-order chi connectivity index (χ1) is 19.4. The minimum atomic E-state index is -0.610. The predicted octanol–water partition coefficient (Wildman–Crippen LogP) is 3.50. The normalized spacial score (nSPS) is 12.3. The molecule has 1 aliphatic carbocycles. The van der Waals surface area contributed by atoms with Gasteiger partial charge in [0.1, 0.15) is 5.70 Å². The van der Waals surface area contributed by atoms with Crippen molar-refractivity contribution >= 4 is 40.8 Å². The molecule has 1 saturated carbocycles. The van der Waals surface area contributed by atoms with Crippen molar-refractivity contribution < 1.29 is 14.4 Å². The van der Waals surface area contributed by atoms with E-state index in [1.807, 2.05) is 42.5 Å². The van der Waals surface area contributed by atoms with Gasteiger partial charge in [0.15, 0.2) is 12.0 Å². The van der Waals surface area contributed by atoms with Gasteiger partial charge >= 0.3 is 0 Å². The number of anilines is 1. The Labute approximate surface area is 234 Å². The molecule has 2 aromatic carbocycles. The van der Waals surface area contributed by atoms with Crippen LogP contribution in [0, 0.1) is 11.3 Å². The lowest BCUT2D eigenvalue weighted by Gasteiger charge is -2.25. The van der Waals surface area contributed by atoms with Crippen LogP contribution in [0.1, 0.15) is 45.7 Å². The first kappa shape index (κ1) is 31.2. The van der Waals surface area contributed by atoms with E-state index in [0.29, 0.717) is 23.7 Å². The maximum absolute atomic E-state index is 11.9. The smallest absolute Gasteiger partial charge is 0.272 e. The molecule has 1 fully saturated rings. The number of pyridine rings is 1. The molecule has 1 aromatic heterocycles. The third-order valence-electron chi connectivity index (χ3n) is 6.26. The van der Waals surface area contributed by atoms with E-state index < -0.39 is 5.91 Å². The van der Waals surface area contributed by atoms with Gasteiger partial charge in [0.2, 0.25) is 0 Å². The van der Waals surface area contributed by atoms with Crippen LogP contribution in [0.15, 0.2) is 79.3 Å². The van der Waals surface area contributed by atoms with Crippen LogP contribution in [0.4, 0.5) is 5.69 Å². The fraction of sp³-hybridized carbons (Fsp3) is 0.233. The van der Waals surface area contributed by atoms with Crippen LogP contribution in [0.5, 0.6) is 0 Å². The van der Waals surface area contributed by atoms with Crippen molar-refractivity contribution in [1.29, 1.82) is 5.41 Å². The number of amides is 2. The van der Waals surface area contributed by atoms with Gasteiger partial charge in [-0.05, 0) is 47.2 Å². The minimum absolute atomic E-state index is 0.0862. The average Bonchev–Trinajstić information content (AvgIpc) is 2.96. The number of hydrogen-bond donors (Lipinski definition) is 6. The fourth-order valence-corrected chi connectivity index (χ4v) is 3.87. The van der Waals surface area contributed by atoms with Crippen molar-refractivity contribution in [3.05, 3.63) is 96.1 Å². The standard InChI is InChI=1S/C15H15N3O2.C12H17N3O.C3H5N/c16-7-14(15(17)20)18-8-10-5-6-11(9-19)13-4-2-1-3-12(10)13;1-13-10-6-3-7-14-11(10)12(16)15-8-9-4-2-5-9;1-2-3-4/h1-7,9,18H,8,16H2,(H2,17,20);3,6-7,9,13H,2,4-5,8H2,1H3,(H,15,16);2-4H,1H2/b14-7-;;. The lowest BCUT2D eigenvalue weighted by atomic mass is 9.85. The summed E-state index contributed by atoms with van der Waals surface area (Å²) in [6, 6.07) is 14.8. The second kappa shape index (κ2) is 16.8. The second-order valence-corrected chi connectivity index (χ2v) is 8.83. The van der Waals surface area contributed by atoms with E-state index in [9.17, 15) is 14.4 Å². The number of allylic oxidation sites excluding steroid dienone is 1.